The summed E-state index contributed by atoms with van der Waals surface area (Å²) in [6.45, 7) is 2.09. The molecule has 4 heteroatoms. The fourth-order valence-corrected chi connectivity index (χ4v) is 5.83. The summed E-state index contributed by atoms with van der Waals surface area (Å²) in [4.78, 5) is 11.5. The van der Waals surface area contributed by atoms with Crippen molar-refractivity contribution in [1.82, 2.24) is 0 Å². The number of hydrogen-bond acceptors (Lipinski definition) is 3. The number of carboxylic acid groups (broad SMARTS) is 1. The molecule has 0 saturated heterocycles. The molecule has 4 nitrogen and oxygen atoms in total. The first kappa shape index (κ1) is 15.0. The van der Waals surface area contributed by atoms with Gasteiger partial charge in [0.25, 0.3) is 0 Å². The normalized spacial score (nSPS) is 41.7. The molecule has 4 rings (SSSR count). The standard InChI is InChI=1S/C19H24O4/c1-19-7-6-13-12-5-3-11(20)8-10(12)2-4-14(13)16(19)9-15(17(19)21)18(22)23/h3,5,8,13-17,20-21H,2,4,6-7,9H2,1H3,(H,22,23)/t13?,14?,15?,16?,17?,19-/m0/s1. The Morgan fingerprint density at radius 3 is 2.83 bits per heavy atom. The quantitative estimate of drug-likeness (QED) is 0.744. The van der Waals surface area contributed by atoms with Crippen LogP contribution in [0.1, 0.15) is 49.7 Å². The first-order valence-corrected chi connectivity index (χ1v) is 8.64. The number of aliphatic hydroxyl groups excluding tert-OH is 1. The lowest BCUT2D eigenvalue weighted by Gasteiger charge is -2.50. The second-order valence-electron chi connectivity index (χ2n) is 7.97. The predicted molar refractivity (Wildman–Crippen MR) is 85.2 cm³/mol. The molecule has 0 heterocycles. The van der Waals surface area contributed by atoms with Crippen molar-refractivity contribution >= 4 is 5.97 Å². The largest absolute Gasteiger partial charge is 0.508 e. The highest BCUT2D eigenvalue weighted by molar-refractivity contribution is 5.71. The van der Waals surface area contributed by atoms with E-state index in [4.69, 9.17) is 0 Å². The Morgan fingerprint density at radius 2 is 2.09 bits per heavy atom. The molecule has 1 aromatic rings. The molecular weight excluding hydrogens is 292 g/mol. The summed E-state index contributed by atoms with van der Waals surface area (Å²) in [6, 6.07) is 5.69. The highest BCUT2D eigenvalue weighted by Gasteiger charge is 2.59. The van der Waals surface area contributed by atoms with Crippen LogP contribution in [0.25, 0.3) is 0 Å². The molecule has 2 saturated carbocycles. The number of rotatable bonds is 1. The van der Waals surface area contributed by atoms with Gasteiger partial charge in [-0.15, -0.1) is 0 Å². The van der Waals surface area contributed by atoms with E-state index in [0.717, 1.165) is 25.7 Å². The van der Waals surface area contributed by atoms with Gasteiger partial charge < -0.3 is 15.3 Å². The number of carboxylic acids is 1. The summed E-state index contributed by atoms with van der Waals surface area (Å²) in [6.07, 6.45) is 3.71. The Kier molecular flexibility index (Phi) is 3.24. The third-order valence-corrected chi connectivity index (χ3v) is 7.03. The van der Waals surface area contributed by atoms with E-state index in [-0.39, 0.29) is 11.3 Å². The Morgan fingerprint density at radius 1 is 1.30 bits per heavy atom. The van der Waals surface area contributed by atoms with Gasteiger partial charge in [0.2, 0.25) is 0 Å². The van der Waals surface area contributed by atoms with Crippen molar-refractivity contribution in [2.75, 3.05) is 0 Å². The molecule has 6 atom stereocenters. The topological polar surface area (TPSA) is 77.8 Å². The van der Waals surface area contributed by atoms with E-state index in [2.05, 4.69) is 6.92 Å². The van der Waals surface area contributed by atoms with Crippen LogP contribution in [0.5, 0.6) is 5.75 Å². The summed E-state index contributed by atoms with van der Waals surface area (Å²) in [5.74, 6) is 0.0158. The summed E-state index contributed by atoms with van der Waals surface area (Å²) < 4.78 is 0. The van der Waals surface area contributed by atoms with Crippen LogP contribution < -0.4 is 0 Å². The molecule has 3 aliphatic rings. The van der Waals surface area contributed by atoms with Gasteiger partial charge in [-0.3, -0.25) is 4.79 Å². The van der Waals surface area contributed by atoms with E-state index < -0.39 is 18.0 Å². The Balaban J connectivity index is 1.70. The van der Waals surface area contributed by atoms with Crippen LogP contribution in [-0.4, -0.2) is 27.4 Å². The number of carbonyl (C=O) groups is 1. The van der Waals surface area contributed by atoms with Crippen LogP contribution in [0, 0.1) is 23.2 Å². The molecule has 0 radical (unpaired) electrons. The SMILES string of the molecule is C[C@]12CCC3c4ccc(O)cc4CCC3C1CC(C(=O)O)C2O. The van der Waals surface area contributed by atoms with Gasteiger partial charge >= 0.3 is 5.97 Å². The smallest absolute Gasteiger partial charge is 0.309 e. The molecule has 2 fully saturated rings. The zero-order valence-electron chi connectivity index (χ0n) is 13.4. The molecule has 3 aliphatic carbocycles. The first-order chi connectivity index (χ1) is 10.9. The van der Waals surface area contributed by atoms with Gasteiger partial charge in [-0.05, 0) is 78.5 Å². The molecule has 0 amide bonds. The van der Waals surface area contributed by atoms with Crippen molar-refractivity contribution in [2.45, 2.75) is 51.0 Å². The molecule has 0 aliphatic heterocycles. The molecule has 124 valence electrons. The minimum atomic E-state index is -0.856. The maximum Gasteiger partial charge on any atom is 0.309 e. The van der Waals surface area contributed by atoms with Gasteiger partial charge in [-0.25, -0.2) is 0 Å². The summed E-state index contributed by atoms with van der Waals surface area (Å²) >= 11 is 0. The van der Waals surface area contributed by atoms with Gasteiger partial charge in [0, 0.05) is 0 Å². The number of aliphatic carboxylic acids is 1. The maximum absolute atomic E-state index is 11.5. The second-order valence-corrected chi connectivity index (χ2v) is 7.97. The van der Waals surface area contributed by atoms with Gasteiger partial charge in [0.05, 0.1) is 12.0 Å². The van der Waals surface area contributed by atoms with Crippen LogP contribution in [0.3, 0.4) is 0 Å². The Labute approximate surface area is 136 Å². The third kappa shape index (κ3) is 2.04. The highest BCUT2D eigenvalue weighted by atomic mass is 16.4. The van der Waals surface area contributed by atoms with Gasteiger partial charge in [-0.2, -0.15) is 0 Å². The predicted octanol–water partition coefficient (Wildman–Crippen LogP) is 2.92. The van der Waals surface area contributed by atoms with Crippen LogP contribution in [0.2, 0.25) is 0 Å². The molecule has 0 aromatic heterocycles. The third-order valence-electron chi connectivity index (χ3n) is 7.03. The number of hydrogen-bond donors (Lipinski definition) is 3. The van der Waals surface area contributed by atoms with Crippen LogP contribution >= 0.6 is 0 Å². The van der Waals surface area contributed by atoms with Crippen molar-refractivity contribution in [3.8, 4) is 5.75 Å². The van der Waals surface area contributed by atoms with Gasteiger partial charge in [0.15, 0.2) is 0 Å². The number of phenols is 1. The zero-order chi connectivity index (χ0) is 16.4. The number of benzene rings is 1. The maximum atomic E-state index is 11.5. The zero-order valence-corrected chi connectivity index (χ0v) is 13.4. The fourth-order valence-electron chi connectivity index (χ4n) is 5.83. The number of aromatic hydroxyl groups is 1. The average Bonchev–Trinajstić information content (AvgIpc) is 2.79. The molecular formula is C19H24O4. The average molecular weight is 316 g/mol. The van der Waals surface area contributed by atoms with E-state index in [1.54, 1.807) is 6.07 Å². The first-order valence-electron chi connectivity index (χ1n) is 8.64. The summed E-state index contributed by atoms with van der Waals surface area (Å²) in [5.41, 5.74) is 2.30. The van der Waals surface area contributed by atoms with Crippen molar-refractivity contribution in [3.05, 3.63) is 29.3 Å². The van der Waals surface area contributed by atoms with Crippen molar-refractivity contribution in [3.63, 3.8) is 0 Å². The van der Waals surface area contributed by atoms with E-state index >= 15 is 0 Å². The molecule has 0 spiro atoms. The molecule has 23 heavy (non-hydrogen) atoms. The second kappa shape index (κ2) is 4.97. The minimum Gasteiger partial charge on any atom is -0.508 e. The molecule has 1 aromatic carbocycles. The molecule has 3 N–H and O–H groups in total. The van der Waals surface area contributed by atoms with Crippen LogP contribution in [-0.2, 0) is 11.2 Å². The highest BCUT2D eigenvalue weighted by Crippen LogP contribution is 2.62. The Hall–Kier alpha value is -1.55. The van der Waals surface area contributed by atoms with Crippen molar-refractivity contribution < 1.29 is 20.1 Å². The van der Waals surface area contributed by atoms with Gasteiger partial charge in [-0.1, -0.05) is 13.0 Å². The van der Waals surface area contributed by atoms with E-state index in [1.165, 1.54) is 11.1 Å². The van der Waals surface area contributed by atoms with E-state index in [9.17, 15) is 20.1 Å². The molecule has 5 unspecified atom stereocenters. The monoisotopic (exact) mass is 316 g/mol. The minimum absolute atomic E-state index is 0.265. The summed E-state index contributed by atoms with van der Waals surface area (Å²) in [5, 5.41) is 29.8. The summed E-state index contributed by atoms with van der Waals surface area (Å²) in [7, 11) is 0. The Bertz CT molecular complexity index is 655. The fraction of sp³-hybridized carbons (Fsp3) is 0.632. The number of fused-ring (bicyclic) bond motifs is 5. The van der Waals surface area contributed by atoms with E-state index in [0.29, 0.717) is 24.0 Å². The lowest BCUT2D eigenvalue weighted by molar-refractivity contribution is -0.146. The van der Waals surface area contributed by atoms with Gasteiger partial charge in [0.1, 0.15) is 5.75 Å². The van der Waals surface area contributed by atoms with Crippen LogP contribution in [0.4, 0.5) is 0 Å². The number of aryl methyl sites for hydroxylation is 1. The van der Waals surface area contributed by atoms with Crippen LogP contribution in [0.15, 0.2) is 18.2 Å². The number of phenolic OH excluding ortho intramolecular Hbond substituents is 1. The molecule has 0 bridgehead atoms. The lowest BCUT2D eigenvalue weighted by atomic mass is 9.55. The van der Waals surface area contributed by atoms with E-state index in [1.807, 2.05) is 12.1 Å². The lowest BCUT2D eigenvalue weighted by Crippen LogP contribution is -2.44. The van der Waals surface area contributed by atoms with Crippen molar-refractivity contribution in [2.24, 2.45) is 23.2 Å². The van der Waals surface area contributed by atoms with Crippen molar-refractivity contribution in [1.29, 1.82) is 0 Å². The number of aliphatic hydroxyl groups is 1.